The van der Waals surface area contributed by atoms with Crippen LogP contribution in [0, 0.1) is 17.7 Å². The maximum absolute atomic E-state index is 14.0. The first kappa shape index (κ1) is 15.0. The molecule has 5 nitrogen and oxygen atoms in total. The maximum Gasteiger partial charge on any atom is 0.257 e. The highest BCUT2D eigenvalue weighted by atomic mass is 19.1. The third-order valence-corrected chi connectivity index (χ3v) is 3.27. The average Bonchev–Trinajstić information content (AvgIpc) is 2.47. The van der Waals surface area contributed by atoms with Crippen molar-refractivity contribution in [2.75, 3.05) is 19.7 Å². The van der Waals surface area contributed by atoms with Crippen molar-refractivity contribution in [2.24, 2.45) is 0 Å². The number of piperazine rings is 1. The van der Waals surface area contributed by atoms with Gasteiger partial charge in [-0.3, -0.25) is 9.59 Å². The molecule has 1 aliphatic rings. The first-order valence-electron chi connectivity index (χ1n) is 6.52. The SMILES string of the molecule is CC1C(=O)NCCN1C(=O)c1ccc(C#CCO)cc1F. The van der Waals surface area contributed by atoms with Crippen LogP contribution in [0.15, 0.2) is 18.2 Å². The smallest absolute Gasteiger partial charge is 0.257 e. The van der Waals surface area contributed by atoms with E-state index in [4.69, 9.17) is 5.11 Å². The van der Waals surface area contributed by atoms with Gasteiger partial charge in [0.2, 0.25) is 5.91 Å². The minimum Gasteiger partial charge on any atom is -0.384 e. The number of amides is 2. The van der Waals surface area contributed by atoms with Gasteiger partial charge in [0.15, 0.2) is 0 Å². The fraction of sp³-hybridized carbons (Fsp3) is 0.333. The molecule has 1 heterocycles. The minimum atomic E-state index is -0.692. The zero-order chi connectivity index (χ0) is 15.4. The second kappa shape index (κ2) is 6.37. The number of aliphatic hydroxyl groups is 1. The van der Waals surface area contributed by atoms with Crippen LogP contribution >= 0.6 is 0 Å². The number of benzene rings is 1. The van der Waals surface area contributed by atoms with E-state index >= 15 is 0 Å². The van der Waals surface area contributed by atoms with Gasteiger partial charge in [0.05, 0.1) is 5.56 Å². The molecule has 0 bridgehead atoms. The van der Waals surface area contributed by atoms with Gasteiger partial charge in [-0.15, -0.1) is 0 Å². The molecule has 6 heteroatoms. The fourth-order valence-electron chi connectivity index (χ4n) is 2.12. The molecule has 1 aromatic rings. The molecule has 110 valence electrons. The number of halogens is 1. The Labute approximate surface area is 121 Å². The van der Waals surface area contributed by atoms with Crippen LogP contribution in [-0.4, -0.2) is 47.6 Å². The van der Waals surface area contributed by atoms with E-state index in [2.05, 4.69) is 17.2 Å². The summed E-state index contributed by atoms with van der Waals surface area (Å²) in [6.45, 7) is 1.99. The first-order chi connectivity index (χ1) is 10.0. The molecule has 0 spiro atoms. The standard InChI is InChI=1S/C15H15FN2O3/c1-10-14(20)17-6-7-18(10)15(21)12-5-4-11(3-2-8-19)9-13(12)16/h4-5,9-10,19H,6-8H2,1H3,(H,17,20). The Morgan fingerprint density at radius 1 is 1.57 bits per heavy atom. The van der Waals surface area contributed by atoms with E-state index in [0.29, 0.717) is 18.7 Å². The van der Waals surface area contributed by atoms with Crippen LogP contribution in [0.25, 0.3) is 0 Å². The van der Waals surface area contributed by atoms with Gasteiger partial charge in [-0.1, -0.05) is 11.8 Å². The van der Waals surface area contributed by atoms with Crippen molar-refractivity contribution in [1.82, 2.24) is 10.2 Å². The van der Waals surface area contributed by atoms with Crippen molar-refractivity contribution in [3.05, 3.63) is 35.1 Å². The summed E-state index contributed by atoms with van der Waals surface area (Å²) in [7, 11) is 0. The van der Waals surface area contributed by atoms with E-state index in [-0.39, 0.29) is 18.1 Å². The Bertz CT molecular complexity index is 634. The zero-order valence-corrected chi connectivity index (χ0v) is 11.5. The molecule has 1 aliphatic heterocycles. The first-order valence-corrected chi connectivity index (χ1v) is 6.52. The number of rotatable bonds is 1. The maximum atomic E-state index is 14.0. The summed E-state index contributed by atoms with van der Waals surface area (Å²) >= 11 is 0. The Morgan fingerprint density at radius 3 is 3.00 bits per heavy atom. The number of aliphatic hydroxyl groups excluding tert-OH is 1. The lowest BCUT2D eigenvalue weighted by molar-refractivity contribution is -0.127. The third kappa shape index (κ3) is 3.20. The van der Waals surface area contributed by atoms with E-state index in [1.807, 2.05) is 0 Å². The minimum absolute atomic E-state index is 0.0916. The van der Waals surface area contributed by atoms with Crippen LogP contribution in [0.2, 0.25) is 0 Å². The summed E-state index contributed by atoms with van der Waals surface area (Å²) in [5.41, 5.74) is 0.286. The van der Waals surface area contributed by atoms with Gasteiger partial charge in [0, 0.05) is 18.7 Å². The van der Waals surface area contributed by atoms with Crippen molar-refractivity contribution in [1.29, 1.82) is 0 Å². The van der Waals surface area contributed by atoms with Crippen LogP contribution < -0.4 is 5.32 Å². The van der Waals surface area contributed by atoms with Gasteiger partial charge < -0.3 is 15.3 Å². The average molecular weight is 290 g/mol. The van der Waals surface area contributed by atoms with Crippen molar-refractivity contribution < 1.29 is 19.1 Å². The number of hydrogen-bond donors (Lipinski definition) is 2. The van der Waals surface area contributed by atoms with E-state index in [1.165, 1.54) is 17.0 Å². The highest BCUT2D eigenvalue weighted by molar-refractivity contribution is 5.98. The molecule has 0 radical (unpaired) electrons. The lowest BCUT2D eigenvalue weighted by Crippen LogP contribution is -2.55. The molecule has 1 atom stereocenters. The molecule has 21 heavy (non-hydrogen) atoms. The Morgan fingerprint density at radius 2 is 2.33 bits per heavy atom. The fourth-order valence-corrected chi connectivity index (χ4v) is 2.12. The van der Waals surface area contributed by atoms with Crippen LogP contribution in [0.4, 0.5) is 4.39 Å². The number of nitrogens with zero attached hydrogens (tertiary/aromatic N) is 1. The van der Waals surface area contributed by atoms with Gasteiger partial charge in [0.25, 0.3) is 5.91 Å². The summed E-state index contributed by atoms with van der Waals surface area (Å²) in [5.74, 6) is 3.52. The summed E-state index contributed by atoms with van der Waals surface area (Å²) in [6, 6.07) is 3.37. The Kier molecular flexibility index (Phi) is 4.55. The molecule has 1 unspecified atom stereocenters. The van der Waals surface area contributed by atoms with E-state index < -0.39 is 17.8 Å². The molecular formula is C15H15FN2O3. The molecule has 1 saturated heterocycles. The predicted octanol–water partition coefficient (Wildman–Crippen LogP) is 0.130. The van der Waals surface area contributed by atoms with Gasteiger partial charge >= 0.3 is 0 Å². The van der Waals surface area contributed by atoms with Crippen molar-refractivity contribution >= 4 is 11.8 Å². The number of carbonyl (C=O) groups excluding carboxylic acids is 2. The predicted molar refractivity (Wildman–Crippen MR) is 73.9 cm³/mol. The molecule has 1 aromatic carbocycles. The van der Waals surface area contributed by atoms with Crippen LogP contribution in [0.1, 0.15) is 22.8 Å². The Balaban J connectivity index is 2.25. The monoisotopic (exact) mass is 290 g/mol. The second-order valence-corrected chi connectivity index (χ2v) is 4.62. The van der Waals surface area contributed by atoms with Gasteiger partial charge in [-0.05, 0) is 25.1 Å². The Hall–Kier alpha value is -2.39. The van der Waals surface area contributed by atoms with E-state index in [1.54, 1.807) is 6.92 Å². The summed E-state index contributed by atoms with van der Waals surface area (Å²) < 4.78 is 14.0. The lowest BCUT2D eigenvalue weighted by Gasteiger charge is -2.32. The summed E-state index contributed by atoms with van der Waals surface area (Å²) in [4.78, 5) is 25.2. The van der Waals surface area contributed by atoms with Gasteiger partial charge in [-0.25, -0.2) is 4.39 Å². The highest BCUT2D eigenvalue weighted by Crippen LogP contribution is 2.15. The van der Waals surface area contributed by atoms with Crippen LogP contribution in [0.3, 0.4) is 0 Å². The number of nitrogens with one attached hydrogen (secondary N) is 1. The van der Waals surface area contributed by atoms with Crippen LogP contribution in [-0.2, 0) is 4.79 Å². The topological polar surface area (TPSA) is 69.6 Å². The second-order valence-electron chi connectivity index (χ2n) is 4.62. The molecule has 0 aliphatic carbocycles. The third-order valence-electron chi connectivity index (χ3n) is 3.27. The van der Waals surface area contributed by atoms with Crippen molar-refractivity contribution in [3.8, 4) is 11.8 Å². The lowest BCUT2D eigenvalue weighted by atomic mass is 10.1. The number of hydrogen-bond acceptors (Lipinski definition) is 3. The van der Waals surface area contributed by atoms with E-state index in [9.17, 15) is 14.0 Å². The van der Waals surface area contributed by atoms with Gasteiger partial charge in [0.1, 0.15) is 18.5 Å². The summed E-state index contributed by atoms with van der Waals surface area (Å²) in [5, 5.41) is 11.2. The van der Waals surface area contributed by atoms with Crippen LogP contribution in [0.5, 0.6) is 0 Å². The highest BCUT2D eigenvalue weighted by Gasteiger charge is 2.31. The molecule has 2 rings (SSSR count). The normalized spacial score (nSPS) is 17.8. The molecule has 0 saturated carbocycles. The number of carbonyl (C=O) groups is 2. The zero-order valence-electron chi connectivity index (χ0n) is 11.5. The van der Waals surface area contributed by atoms with Crippen molar-refractivity contribution in [2.45, 2.75) is 13.0 Å². The van der Waals surface area contributed by atoms with Gasteiger partial charge in [-0.2, -0.15) is 0 Å². The molecular weight excluding hydrogens is 275 g/mol. The molecule has 1 fully saturated rings. The molecule has 2 amide bonds. The summed E-state index contributed by atoms with van der Waals surface area (Å²) in [6.07, 6.45) is 0. The molecule has 2 N–H and O–H groups in total. The van der Waals surface area contributed by atoms with E-state index in [0.717, 1.165) is 6.07 Å². The van der Waals surface area contributed by atoms with Crippen molar-refractivity contribution in [3.63, 3.8) is 0 Å². The molecule has 0 aromatic heterocycles. The quantitative estimate of drug-likeness (QED) is 0.722. The largest absolute Gasteiger partial charge is 0.384 e.